The Hall–Kier alpha value is -2.71. The zero-order chi connectivity index (χ0) is 15.9. The van der Waals surface area contributed by atoms with Gasteiger partial charge in [-0.1, -0.05) is 0 Å². The van der Waals surface area contributed by atoms with Crippen molar-refractivity contribution in [2.75, 3.05) is 0 Å². The zero-order valence-electron chi connectivity index (χ0n) is 13.2. The minimum Gasteiger partial charge on any atom is -0.355 e. The van der Waals surface area contributed by atoms with Crippen LogP contribution in [0.25, 0.3) is 46.4 Å². The average molecular weight is 494 g/mol. The Labute approximate surface area is 158 Å². The van der Waals surface area contributed by atoms with Crippen molar-refractivity contribution in [2.45, 2.75) is 0 Å². The van der Waals surface area contributed by atoms with Gasteiger partial charge in [0.15, 0.2) is 0 Å². The van der Waals surface area contributed by atoms with Crippen molar-refractivity contribution in [3.63, 3.8) is 0 Å². The maximum absolute atomic E-state index is 4.62. The summed E-state index contributed by atoms with van der Waals surface area (Å²) >= 11 is 0. The molecule has 0 spiro atoms. The second kappa shape index (κ2) is 6.30. The Morgan fingerprint density at radius 2 is 0.840 bits per heavy atom. The quantitative estimate of drug-likeness (QED) is 0.330. The molecule has 3 aromatic rings. The standard InChI is InChI=1S/C20H14N4.W/c1-2-14-10-16-5-6-18(23-16)12-20-8-7-19(24-20)11-17-4-3-15(22-17)9-13(1)21-14;/h1-12,21-22H;. The number of hydrogen-bond donors (Lipinski definition) is 2. The predicted molar refractivity (Wildman–Crippen MR) is 98.9 cm³/mol. The molecule has 2 aliphatic heterocycles. The molecule has 0 saturated heterocycles. The number of fused-ring (bicyclic) bond motifs is 8. The number of nitrogens with zero attached hydrogens (tertiary/aromatic N) is 2. The van der Waals surface area contributed by atoms with Gasteiger partial charge in [-0.05, 0) is 72.8 Å². The van der Waals surface area contributed by atoms with Crippen molar-refractivity contribution in [2.24, 2.45) is 0 Å². The van der Waals surface area contributed by atoms with Crippen molar-refractivity contribution >= 4 is 46.4 Å². The maximum atomic E-state index is 4.62. The molecular weight excluding hydrogens is 480 g/mol. The van der Waals surface area contributed by atoms with E-state index in [0.29, 0.717) is 0 Å². The topological polar surface area (TPSA) is 57.4 Å². The Kier molecular flexibility index (Phi) is 3.98. The monoisotopic (exact) mass is 494 g/mol. The van der Waals surface area contributed by atoms with Gasteiger partial charge in [0.1, 0.15) is 0 Å². The molecule has 5 rings (SSSR count). The van der Waals surface area contributed by atoms with Crippen LogP contribution in [-0.4, -0.2) is 19.9 Å². The van der Waals surface area contributed by atoms with E-state index in [2.05, 4.69) is 50.3 Å². The molecule has 2 aliphatic rings. The summed E-state index contributed by atoms with van der Waals surface area (Å²) in [6, 6.07) is 16.4. The van der Waals surface area contributed by atoms with E-state index in [1.807, 2.05) is 42.5 Å². The van der Waals surface area contributed by atoms with Crippen molar-refractivity contribution in [3.05, 3.63) is 71.3 Å². The van der Waals surface area contributed by atoms with Crippen LogP contribution in [0.1, 0.15) is 22.8 Å². The SMILES string of the molecule is C1=Cc2cc3ccc(cc4ccc(cc5nc(cc1n2)C=C5)[nH]4)[nH]3.[W]. The van der Waals surface area contributed by atoms with Gasteiger partial charge in [-0.3, -0.25) is 0 Å². The van der Waals surface area contributed by atoms with Crippen molar-refractivity contribution < 1.29 is 21.1 Å². The van der Waals surface area contributed by atoms with Crippen LogP contribution in [0, 0.1) is 0 Å². The van der Waals surface area contributed by atoms with E-state index in [1.54, 1.807) is 0 Å². The molecular formula is C20H14N4W. The summed E-state index contributed by atoms with van der Waals surface area (Å²) in [5, 5.41) is 0. The molecule has 25 heavy (non-hydrogen) atoms. The van der Waals surface area contributed by atoms with Crippen LogP contribution in [0.4, 0.5) is 0 Å². The van der Waals surface area contributed by atoms with Gasteiger partial charge >= 0.3 is 0 Å². The van der Waals surface area contributed by atoms with Crippen LogP contribution in [-0.2, 0) is 21.1 Å². The summed E-state index contributed by atoms with van der Waals surface area (Å²) in [7, 11) is 0. The van der Waals surface area contributed by atoms with Crippen LogP contribution in [0.3, 0.4) is 0 Å². The molecule has 4 nitrogen and oxygen atoms in total. The van der Waals surface area contributed by atoms with E-state index in [0.717, 1.165) is 44.8 Å². The molecule has 0 unspecified atom stereocenters. The third kappa shape index (κ3) is 3.26. The molecule has 0 fully saturated rings. The van der Waals surface area contributed by atoms with Crippen LogP contribution in [0.5, 0.6) is 0 Å². The Bertz CT molecular complexity index is 1080. The Morgan fingerprint density at radius 1 is 0.480 bits per heavy atom. The largest absolute Gasteiger partial charge is 0.355 e. The Morgan fingerprint density at radius 3 is 1.28 bits per heavy atom. The number of aromatic amines is 2. The fourth-order valence-corrected chi connectivity index (χ4v) is 2.94. The van der Waals surface area contributed by atoms with Crippen molar-refractivity contribution in [3.8, 4) is 0 Å². The molecule has 0 amide bonds. The molecule has 0 atom stereocenters. The van der Waals surface area contributed by atoms with Gasteiger partial charge in [0.05, 0.1) is 22.8 Å². The van der Waals surface area contributed by atoms with Gasteiger partial charge in [0.2, 0.25) is 0 Å². The molecule has 2 N–H and O–H groups in total. The third-order valence-corrected chi connectivity index (χ3v) is 4.04. The summed E-state index contributed by atoms with van der Waals surface area (Å²) < 4.78 is 0. The van der Waals surface area contributed by atoms with Gasteiger partial charge in [0.25, 0.3) is 0 Å². The van der Waals surface area contributed by atoms with Gasteiger partial charge in [-0.15, -0.1) is 0 Å². The fraction of sp³-hybridized carbons (Fsp3) is 0. The summed E-state index contributed by atoms with van der Waals surface area (Å²) in [6.07, 6.45) is 8.05. The summed E-state index contributed by atoms with van der Waals surface area (Å²) in [5.74, 6) is 0. The first-order chi connectivity index (χ1) is 11.8. The van der Waals surface area contributed by atoms with Gasteiger partial charge < -0.3 is 9.97 Å². The van der Waals surface area contributed by atoms with Crippen LogP contribution in [0.15, 0.2) is 48.5 Å². The summed E-state index contributed by atoms with van der Waals surface area (Å²) in [5.41, 5.74) is 7.86. The molecule has 120 valence electrons. The normalized spacial score (nSPS) is 12.2. The Balaban J connectivity index is 0.00000157. The number of H-pyrrole nitrogens is 2. The van der Waals surface area contributed by atoms with E-state index >= 15 is 0 Å². The van der Waals surface area contributed by atoms with Crippen LogP contribution < -0.4 is 0 Å². The molecule has 0 aliphatic carbocycles. The van der Waals surface area contributed by atoms with Crippen LogP contribution in [0.2, 0.25) is 0 Å². The van der Waals surface area contributed by atoms with Crippen molar-refractivity contribution in [1.82, 2.24) is 19.9 Å². The van der Waals surface area contributed by atoms with E-state index < -0.39 is 0 Å². The molecule has 0 aromatic carbocycles. The minimum atomic E-state index is 0. The minimum absolute atomic E-state index is 0. The number of aromatic nitrogens is 4. The van der Waals surface area contributed by atoms with E-state index in [9.17, 15) is 0 Å². The van der Waals surface area contributed by atoms with E-state index in [1.165, 1.54) is 0 Å². The van der Waals surface area contributed by atoms with Gasteiger partial charge in [0, 0.05) is 43.1 Å². The second-order valence-electron chi connectivity index (χ2n) is 5.91. The molecule has 5 heteroatoms. The molecule has 8 bridgehead atoms. The average Bonchev–Trinajstić information content (AvgIpc) is 3.32. The number of rotatable bonds is 0. The molecule has 0 radical (unpaired) electrons. The third-order valence-electron chi connectivity index (χ3n) is 4.04. The summed E-state index contributed by atoms with van der Waals surface area (Å²) in [4.78, 5) is 16.0. The molecule has 3 aromatic heterocycles. The number of hydrogen-bond acceptors (Lipinski definition) is 2. The first-order valence-electron chi connectivity index (χ1n) is 7.85. The van der Waals surface area contributed by atoms with Gasteiger partial charge in [-0.2, -0.15) is 0 Å². The first-order valence-corrected chi connectivity index (χ1v) is 7.85. The predicted octanol–water partition coefficient (Wildman–Crippen LogP) is 4.65. The van der Waals surface area contributed by atoms with Crippen molar-refractivity contribution in [1.29, 1.82) is 0 Å². The summed E-state index contributed by atoms with van der Waals surface area (Å²) in [6.45, 7) is 0. The maximum Gasteiger partial charge on any atom is 0.0659 e. The van der Waals surface area contributed by atoms with E-state index in [-0.39, 0.29) is 21.1 Å². The number of nitrogens with one attached hydrogen (secondary N) is 2. The van der Waals surface area contributed by atoms with Crippen LogP contribution >= 0.6 is 0 Å². The zero-order valence-corrected chi connectivity index (χ0v) is 16.2. The fourth-order valence-electron chi connectivity index (χ4n) is 2.94. The van der Waals surface area contributed by atoms with Gasteiger partial charge in [-0.25, -0.2) is 9.97 Å². The molecule has 5 heterocycles. The smallest absolute Gasteiger partial charge is 0.0659 e. The van der Waals surface area contributed by atoms with E-state index in [4.69, 9.17) is 0 Å². The second-order valence-corrected chi connectivity index (χ2v) is 5.91. The first kappa shape index (κ1) is 15.8. The molecule has 0 saturated carbocycles.